The molecule has 0 spiro atoms. The van der Waals surface area contributed by atoms with Gasteiger partial charge < -0.3 is 19.3 Å². The number of rotatable bonds is 5. The molecule has 3 aromatic carbocycles. The summed E-state index contributed by atoms with van der Waals surface area (Å²) in [5.41, 5.74) is 1.07. The molecule has 1 atom stereocenters. The van der Waals surface area contributed by atoms with E-state index < -0.39 is 6.10 Å². The van der Waals surface area contributed by atoms with Crippen molar-refractivity contribution in [3.8, 4) is 11.5 Å². The predicted molar refractivity (Wildman–Crippen MR) is 116 cm³/mol. The number of hydrogen-bond acceptors (Lipinski definition) is 4. The Morgan fingerprint density at radius 2 is 1.52 bits per heavy atom. The fraction of sp³-hybridized carbons (Fsp3) is 0.292. The van der Waals surface area contributed by atoms with E-state index in [0.29, 0.717) is 13.1 Å². The van der Waals surface area contributed by atoms with E-state index in [-0.39, 0.29) is 5.91 Å². The lowest BCUT2D eigenvalue weighted by atomic mass is 10.1. The zero-order chi connectivity index (χ0) is 20.2. The van der Waals surface area contributed by atoms with E-state index in [1.807, 2.05) is 72.5 Å². The van der Waals surface area contributed by atoms with Crippen LogP contribution in [0.1, 0.15) is 6.92 Å². The number of para-hydroxylation sites is 2. The molecule has 0 aromatic heterocycles. The number of nitrogens with zero attached hydrogens (tertiary/aromatic N) is 2. The number of carbonyl (C=O) groups is 1. The fourth-order valence-electron chi connectivity index (χ4n) is 3.86. The van der Waals surface area contributed by atoms with Crippen LogP contribution in [0.4, 0.5) is 5.69 Å². The van der Waals surface area contributed by atoms with Crippen LogP contribution in [0.25, 0.3) is 10.8 Å². The summed E-state index contributed by atoms with van der Waals surface area (Å²) in [4.78, 5) is 17.1. The Kier molecular flexibility index (Phi) is 5.56. The van der Waals surface area contributed by atoms with E-state index in [9.17, 15) is 4.79 Å². The Morgan fingerprint density at radius 3 is 2.31 bits per heavy atom. The molecule has 5 heteroatoms. The molecule has 1 amide bonds. The van der Waals surface area contributed by atoms with Gasteiger partial charge in [-0.2, -0.15) is 0 Å². The van der Waals surface area contributed by atoms with Gasteiger partial charge in [0.2, 0.25) is 0 Å². The molecule has 1 fully saturated rings. The lowest BCUT2D eigenvalue weighted by Crippen LogP contribution is -2.52. The summed E-state index contributed by atoms with van der Waals surface area (Å²) in [6.07, 6.45) is -0.529. The first-order valence-corrected chi connectivity index (χ1v) is 9.98. The van der Waals surface area contributed by atoms with Crippen LogP contribution in [0.5, 0.6) is 11.5 Å². The number of carbonyl (C=O) groups excluding carboxylic acids is 1. The zero-order valence-corrected chi connectivity index (χ0v) is 16.9. The summed E-state index contributed by atoms with van der Waals surface area (Å²) in [7, 11) is 1.69. The zero-order valence-electron chi connectivity index (χ0n) is 16.9. The summed E-state index contributed by atoms with van der Waals surface area (Å²) in [6.45, 7) is 4.71. The van der Waals surface area contributed by atoms with Gasteiger partial charge in [-0.15, -0.1) is 0 Å². The standard InChI is InChI=1S/C24H26N2O3/c1-18(29-22-13-7-9-19-8-3-4-10-20(19)22)24(27)26-16-14-25(15-17-26)21-11-5-6-12-23(21)28-2/h3-13,18H,14-17H2,1-2H3. The molecule has 1 heterocycles. The van der Waals surface area contributed by atoms with Crippen molar-refractivity contribution in [2.45, 2.75) is 13.0 Å². The lowest BCUT2D eigenvalue weighted by molar-refractivity contribution is -0.138. The first-order valence-electron chi connectivity index (χ1n) is 9.98. The molecular formula is C24H26N2O3. The molecule has 5 nitrogen and oxygen atoms in total. The fourth-order valence-corrected chi connectivity index (χ4v) is 3.86. The van der Waals surface area contributed by atoms with Gasteiger partial charge in [0.1, 0.15) is 11.5 Å². The van der Waals surface area contributed by atoms with Gasteiger partial charge in [0.05, 0.1) is 12.8 Å². The normalized spacial score (nSPS) is 15.2. The highest BCUT2D eigenvalue weighted by molar-refractivity contribution is 5.89. The quantitative estimate of drug-likeness (QED) is 0.661. The maximum absolute atomic E-state index is 13.0. The van der Waals surface area contributed by atoms with Crippen LogP contribution >= 0.6 is 0 Å². The molecule has 29 heavy (non-hydrogen) atoms. The molecule has 150 valence electrons. The van der Waals surface area contributed by atoms with Gasteiger partial charge in [0, 0.05) is 31.6 Å². The van der Waals surface area contributed by atoms with Crippen LogP contribution in [-0.4, -0.2) is 50.2 Å². The van der Waals surface area contributed by atoms with Crippen LogP contribution in [0, 0.1) is 0 Å². The van der Waals surface area contributed by atoms with Crippen molar-refractivity contribution in [2.24, 2.45) is 0 Å². The number of fused-ring (bicyclic) bond motifs is 1. The van der Waals surface area contributed by atoms with Gasteiger partial charge in [-0.1, -0.05) is 48.5 Å². The minimum Gasteiger partial charge on any atom is -0.495 e. The third-order valence-corrected chi connectivity index (χ3v) is 5.42. The second-order valence-corrected chi connectivity index (χ2v) is 7.22. The van der Waals surface area contributed by atoms with Crippen LogP contribution in [0.2, 0.25) is 0 Å². The van der Waals surface area contributed by atoms with Crippen LogP contribution in [-0.2, 0) is 4.79 Å². The Bertz CT molecular complexity index is 991. The van der Waals surface area contributed by atoms with E-state index in [1.54, 1.807) is 7.11 Å². The van der Waals surface area contributed by atoms with E-state index >= 15 is 0 Å². The van der Waals surface area contributed by atoms with Gasteiger partial charge in [-0.3, -0.25) is 4.79 Å². The van der Waals surface area contributed by atoms with Gasteiger partial charge in [0.25, 0.3) is 5.91 Å². The predicted octanol–water partition coefficient (Wildman–Crippen LogP) is 3.96. The number of benzene rings is 3. The van der Waals surface area contributed by atoms with Crippen LogP contribution in [0.15, 0.2) is 66.7 Å². The molecule has 0 bridgehead atoms. The molecule has 0 N–H and O–H groups in total. The van der Waals surface area contributed by atoms with Gasteiger partial charge >= 0.3 is 0 Å². The molecule has 4 rings (SSSR count). The van der Waals surface area contributed by atoms with Crippen molar-refractivity contribution in [3.63, 3.8) is 0 Å². The number of ether oxygens (including phenoxy) is 2. The monoisotopic (exact) mass is 390 g/mol. The van der Waals surface area contributed by atoms with Crippen molar-refractivity contribution in [1.29, 1.82) is 0 Å². The first kappa shape index (κ1) is 19.1. The Hall–Kier alpha value is -3.21. The maximum atomic E-state index is 13.0. The molecule has 0 radical (unpaired) electrons. The van der Waals surface area contributed by atoms with E-state index in [1.165, 1.54) is 0 Å². The average molecular weight is 390 g/mol. The van der Waals surface area contributed by atoms with Crippen molar-refractivity contribution >= 4 is 22.4 Å². The molecule has 0 saturated carbocycles. The highest BCUT2D eigenvalue weighted by Crippen LogP contribution is 2.29. The number of piperazine rings is 1. The minimum absolute atomic E-state index is 0.0256. The summed E-state index contributed by atoms with van der Waals surface area (Å²) >= 11 is 0. The molecule has 1 aliphatic rings. The van der Waals surface area contributed by atoms with Crippen molar-refractivity contribution in [1.82, 2.24) is 4.90 Å². The number of methoxy groups -OCH3 is 1. The highest BCUT2D eigenvalue weighted by atomic mass is 16.5. The maximum Gasteiger partial charge on any atom is 0.263 e. The van der Waals surface area contributed by atoms with Gasteiger partial charge in [-0.05, 0) is 30.5 Å². The Balaban J connectivity index is 1.40. The lowest BCUT2D eigenvalue weighted by Gasteiger charge is -2.37. The Morgan fingerprint density at radius 1 is 0.862 bits per heavy atom. The molecule has 1 aliphatic heterocycles. The van der Waals surface area contributed by atoms with E-state index in [0.717, 1.165) is 41.0 Å². The Labute approximate surface area is 171 Å². The topological polar surface area (TPSA) is 42.0 Å². The molecule has 1 unspecified atom stereocenters. The SMILES string of the molecule is COc1ccccc1N1CCN(C(=O)C(C)Oc2cccc3ccccc23)CC1. The summed E-state index contributed by atoms with van der Waals surface area (Å²) < 4.78 is 11.5. The van der Waals surface area contributed by atoms with Gasteiger partial charge in [-0.25, -0.2) is 0 Å². The summed E-state index contributed by atoms with van der Waals surface area (Å²) in [6, 6.07) is 22.0. The number of anilines is 1. The van der Waals surface area contributed by atoms with E-state index in [4.69, 9.17) is 9.47 Å². The second-order valence-electron chi connectivity index (χ2n) is 7.22. The van der Waals surface area contributed by atoms with Crippen molar-refractivity contribution in [2.75, 3.05) is 38.2 Å². The highest BCUT2D eigenvalue weighted by Gasteiger charge is 2.27. The van der Waals surface area contributed by atoms with Crippen LogP contribution in [0.3, 0.4) is 0 Å². The molecule has 0 aliphatic carbocycles. The average Bonchev–Trinajstić information content (AvgIpc) is 2.79. The van der Waals surface area contributed by atoms with Crippen molar-refractivity contribution < 1.29 is 14.3 Å². The molecular weight excluding hydrogens is 364 g/mol. The number of amides is 1. The van der Waals surface area contributed by atoms with Crippen LogP contribution < -0.4 is 14.4 Å². The molecule has 3 aromatic rings. The first-order chi connectivity index (χ1) is 14.2. The smallest absolute Gasteiger partial charge is 0.263 e. The summed E-state index contributed by atoms with van der Waals surface area (Å²) in [5, 5.41) is 2.13. The van der Waals surface area contributed by atoms with Crippen molar-refractivity contribution in [3.05, 3.63) is 66.7 Å². The third kappa shape index (κ3) is 3.99. The second kappa shape index (κ2) is 8.43. The summed E-state index contributed by atoms with van der Waals surface area (Å²) in [5.74, 6) is 1.63. The van der Waals surface area contributed by atoms with E-state index in [2.05, 4.69) is 11.0 Å². The number of hydrogen-bond donors (Lipinski definition) is 0. The van der Waals surface area contributed by atoms with Gasteiger partial charge in [0.15, 0.2) is 6.10 Å². The third-order valence-electron chi connectivity index (χ3n) is 5.42. The molecule has 1 saturated heterocycles. The minimum atomic E-state index is -0.529. The largest absolute Gasteiger partial charge is 0.495 e.